The lowest BCUT2D eigenvalue weighted by molar-refractivity contribution is -0.0684. The highest BCUT2D eigenvalue weighted by molar-refractivity contribution is 7.66. The number of ether oxygens (including phenoxy) is 1. The molecule has 180 valence electrons. The molecule has 0 radical (unpaired) electrons. The summed E-state index contributed by atoms with van der Waals surface area (Å²) in [4.78, 5) is 43.4. The summed E-state index contributed by atoms with van der Waals surface area (Å²) in [6, 6.07) is 0. The van der Waals surface area contributed by atoms with Gasteiger partial charge in [0.1, 0.15) is 24.1 Å². The Morgan fingerprint density at radius 3 is 2.50 bits per heavy atom. The van der Waals surface area contributed by atoms with E-state index < -0.39 is 54.1 Å². The van der Waals surface area contributed by atoms with Crippen molar-refractivity contribution in [3.63, 3.8) is 0 Å². The fraction of sp³-hybridized carbons (Fsp3) is 0.545. The molecule has 0 spiro atoms. The van der Waals surface area contributed by atoms with Gasteiger partial charge >= 0.3 is 23.5 Å². The van der Waals surface area contributed by atoms with Crippen LogP contribution in [0.25, 0.3) is 5.65 Å². The topological polar surface area (TPSA) is 258 Å². The minimum Gasteiger partial charge on any atom is -0.384 e. The monoisotopic (exact) mass is 523 g/mol. The summed E-state index contributed by atoms with van der Waals surface area (Å²) in [5, 5.41) is 14.4. The number of fused-ring (bicyclic) bond motifs is 1. The van der Waals surface area contributed by atoms with Crippen molar-refractivity contribution in [2.24, 2.45) is 0 Å². The van der Waals surface area contributed by atoms with E-state index in [1.54, 1.807) is 0 Å². The van der Waals surface area contributed by atoms with Gasteiger partial charge in [0.25, 0.3) is 0 Å². The average molecular weight is 523 g/mol. The minimum absolute atomic E-state index is 0.0164. The lowest BCUT2D eigenvalue weighted by Gasteiger charge is -2.25. The number of aliphatic hydroxyl groups is 1. The molecule has 1 aliphatic rings. The molecule has 17 nitrogen and oxygen atoms in total. The third-order valence-electron chi connectivity index (χ3n) is 4.24. The maximum atomic E-state index is 15.0. The van der Waals surface area contributed by atoms with Gasteiger partial charge in [0.05, 0.1) is 18.5 Å². The minimum atomic E-state index is -5.74. The van der Waals surface area contributed by atoms with Gasteiger partial charge in [-0.15, -0.1) is 0 Å². The van der Waals surface area contributed by atoms with Crippen molar-refractivity contribution >= 4 is 34.9 Å². The van der Waals surface area contributed by atoms with Gasteiger partial charge in [-0.1, -0.05) is 0 Å². The predicted molar refractivity (Wildman–Crippen MR) is 98.1 cm³/mol. The number of nitrogens with zero attached hydrogens (tertiary/aromatic N) is 4. The number of anilines is 1. The Labute approximate surface area is 177 Å². The summed E-state index contributed by atoms with van der Waals surface area (Å²) in [6.07, 6.45) is -3.02. The largest absolute Gasteiger partial charge is 0.490 e. The molecule has 0 aromatic carbocycles. The average Bonchev–Trinajstić information content (AvgIpc) is 3.11. The van der Waals surface area contributed by atoms with E-state index in [-0.39, 0.29) is 17.2 Å². The number of imidazole rings is 1. The number of rotatable bonds is 8. The van der Waals surface area contributed by atoms with Crippen molar-refractivity contribution in [1.29, 1.82) is 0 Å². The Morgan fingerprint density at radius 1 is 1.22 bits per heavy atom. The van der Waals surface area contributed by atoms with Gasteiger partial charge in [-0.2, -0.15) is 13.7 Å². The van der Waals surface area contributed by atoms with Crippen molar-refractivity contribution in [1.82, 2.24) is 19.6 Å². The highest BCUT2D eigenvalue weighted by Crippen LogP contribution is 2.66. The summed E-state index contributed by atoms with van der Waals surface area (Å²) in [5.41, 5.74) is 3.44. The van der Waals surface area contributed by atoms with Crippen LogP contribution in [0.1, 0.15) is 18.7 Å². The molecule has 6 atom stereocenters. The van der Waals surface area contributed by atoms with E-state index in [4.69, 9.17) is 25.2 Å². The van der Waals surface area contributed by atoms with Gasteiger partial charge in [-0.05, 0) is 6.92 Å². The summed E-state index contributed by atoms with van der Waals surface area (Å²) in [7, 11) is -16.8. The van der Waals surface area contributed by atoms with E-state index >= 15 is 0 Å². The van der Waals surface area contributed by atoms with Crippen LogP contribution in [0.15, 0.2) is 12.5 Å². The van der Waals surface area contributed by atoms with Crippen LogP contribution < -0.4 is 5.73 Å². The van der Waals surface area contributed by atoms with E-state index in [0.717, 1.165) is 17.8 Å². The Hall–Kier alpha value is -1.39. The van der Waals surface area contributed by atoms with Gasteiger partial charge in [0, 0.05) is 0 Å². The zero-order valence-corrected chi connectivity index (χ0v) is 18.5. The lowest BCUT2D eigenvalue weighted by Crippen LogP contribution is -2.44. The first-order chi connectivity index (χ1) is 14.5. The molecule has 3 rings (SSSR count). The summed E-state index contributed by atoms with van der Waals surface area (Å²) >= 11 is 0. The number of phosphoric acid groups is 3. The Morgan fingerprint density at radius 2 is 1.88 bits per heavy atom. The molecular weight excluding hydrogens is 506 g/mol. The van der Waals surface area contributed by atoms with Crippen LogP contribution in [0.4, 0.5) is 10.2 Å². The van der Waals surface area contributed by atoms with Crippen LogP contribution in [0.3, 0.4) is 0 Å². The fourth-order valence-electron chi connectivity index (χ4n) is 2.81. The first-order valence-corrected chi connectivity index (χ1v) is 12.8. The molecule has 0 bridgehead atoms. The quantitative estimate of drug-likeness (QED) is 0.240. The molecule has 0 saturated carbocycles. The zero-order chi connectivity index (χ0) is 24.1. The van der Waals surface area contributed by atoms with Crippen LogP contribution in [-0.4, -0.2) is 68.7 Å². The highest BCUT2D eigenvalue weighted by atomic mass is 31.3. The van der Waals surface area contributed by atoms with Crippen molar-refractivity contribution in [3.8, 4) is 0 Å². The van der Waals surface area contributed by atoms with Gasteiger partial charge in [0.15, 0.2) is 17.6 Å². The number of nitrogen functional groups attached to an aromatic ring is 1. The molecule has 1 aliphatic heterocycles. The zero-order valence-electron chi connectivity index (χ0n) is 15.8. The normalized spacial score (nSPS) is 30.3. The van der Waals surface area contributed by atoms with E-state index in [2.05, 4.69) is 28.2 Å². The number of hydrogen-bond donors (Lipinski definition) is 6. The predicted octanol–water partition coefficient (Wildman–Crippen LogP) is -0.421. The molecule has 2 aromatic heterocycles. The Kier molecular flexibility index (Phi) is 6.65. The number of halogens is 1. The third kappa shape index (κ3) is 5.39. The third-order valence-corrected chi connectivity index (χ3v) is 8.04. The summed E-state index contributed by atoms with van der Waals surface area (Å²) in [5.74, 6) is -0.0179. The smallest absolute Gasteiger partial charge is 0.384 e. The van der Waals surface area contributed by atoms with Crippen LogP contribution in [0.5, 0.6) is 0 Å². The molecular formula is C11H17FN5O12P3. The van der Waals surface area contributed by atoms with Crippen molar-refractivity contribution in [3.05, 3.63) is 18.2 Å². The van der Waals surface area contributed by atoms with Gasteiger partial charge in [-0.25, -0.2) is 32.6 Å². The van der Waals surface area contributed by atoms with E-state index in [1.165, 1.54) is 6.20 Å². The van der Waals surface area contributed by atoms with Crippen molar-refractivity contribution in [2.45, 2.75) is 30.9 Å². The molecule has 7 N–H and O–H groups in total. The van der Waals surface area contributed by atoms with Gasteiger partial charge in [-0.3, -0.25) is 4.52 Å². The van der Waals surface area contributed by atoms with E-state index in [0.29, 0.717) is 0 Å². The van der Waals surface area contributed by atoms with E-state index in [1.807, 2.05) is 0 Å². The molecule has 1 saturated heterocycles. The molecule has 2 aromatic rings. The summed E-state index contributed by atoms with van der Waals surface area (Å²) < 4.78 is 66.9. The molecule has 32 heavy (non-hydrogen) atoms. The van der Waals surface area contributed by atoms with Gasteiger partial charge < -0.3 is 35.2 Å². The first kappa shape index (κ1) is 25.2. The van der Waals surface area contributed by atoms with Gasteiger partial charge in [0.2, 0.25) is 0 Å². The van der Waals surface area contributed by atoms with Crippen molar-refractivity contribution in [2.75, 3.05) is 12.3 Å². The van der Waals surface area contributed by atoms with Crippen LogP contribution in [0, 0.1) is 0 Å². The second-order valence-electron chi connectivity index (χ2n) is 6.62. The van der Waals surface area contributed by atoms with E-state index in [9.17, 15) is 28.1 Å². The standard InChI is InChI=1S/C11H17FN5O12P3/c1-11(18)6(3-26-31(22,23)29-32(24,25)28-30(19,20)21)27-7(8(11)12)5-2-14-10-9(13)15-4-16-17(5)10/h2,4,6-8,18H,3H2,1H3,(H,22,23)(H,24,25)(H2,13,15,16)(H2,19,20,21). The highest BCUT2D eigenvalue weighted by Gasteiger charge is 2.55. The Balaban J connectivity index is 1.75. The van der Waals surface area contributed by atoms with Crippen LogP contribution in [0.2, 0.25) is 0 Å². The molecule has 1 fully saturated rings. The molecule has 0 amide bonds. The molecule has 0 aliphatic carbocycles. The number of phosphoric ester groups is 1. The number of aromatic nitrogens is 4. The van der Waals surface area contributed by atoms with Crippen molar-refractivity contribution < 1.29 is 60.6 Å². The number of nitrogens with two attached hydrogens (primary N) is 1. The first-order valence-electron chi connectivity index (χ1n) is 8.27. The SMILES string of the molecule is CC1(O)C(COP(=O)(O)OP(=O)(O)OP(=O)(O)O)OC(c2cnc3c(N)ncnn23)C1F. The number of alkyl halides is 1. The lowest BCUT2D eigenvalue weighted by atomic mass is 9.93. The molecule has 6 unspecified atom stereocenters. The summed E-state index contributed by atoms with van der Waals surface area (Å²) in [6.45, 7) is -0.0588. The molecule has 21 heteroatoms. The fourth-order valence-corrected chi connectivity index (χ4v) is 5.83. The van der Waals surface area contributed by atoms with Crippen LogP contribution in [-0.2, 0) is 31.6 Å². The van der Waals surface area contributed by atoms with Crippen LogP contribution >= 0.6 is 23.5 Å². The maximum Gasteiger partial charge on any atom is 0.490 e. The second kappa shape index (κ2) is 8.43. The number of hydrogen-bond acceptors (Lipinski definition) is 12. The maximum absolute atomic E-state index is 15.0. The molecule has 3 heterocycles. The Bertz CT molecular complexity index is 1150. The second-order valence-corrected chi connectivity index (χ2v) is 11.0.